The van der Waals surface area contributed by atoms with Crippen LogP contribution in [0.25, 0.3) is 0 Å². The molecule has 1 saturated heterocycles. The summed E-state index contributed by atoms with van der Waals surface area (Å²) in [7, 11) is 3.04. The number of piperidine rings is 1. The van der Waals surface area contributed by atoms with E-state index in [1.165, 1.54) is 14.2 Å². The summed E-state index contributed by atoms with van der Waals surface area (Å²) in [5.74, 6) is 1.02. The Morgan fingerprint density at radius 1 is 1.24 bits per heavy atom. The fourth-order valence-corrected chi connectivity index (χ4v) is 2.95. The van der Waals surface area contributed by atoms with Gasteiger partial charge in [0.2, 0.25) is 5.75 Å². The molecule has 0 bridgehead atoms. The van der Waals surface area contributed by atoms with Crippen molar-refractivity contribution in [2.75, 3.05) is 33.9 Å². The minimum Gasteiger partial charge on any atom is -0.502 e. The van der Waals surface area contributed by atoms with Gasteiger partial charge in [0, 0.05) is 19.0 Å². The first-order valence-corrected chi connectivity index (χ1v) is 7.43. The van der Waals surface area contributed by atoms with E-state index in [1.54, 1.807) is 0 Å². The molecule has 1 aliphatic rings. The molecule has 0 amide bonds. The molecule has 21 heavy (non-hydrogen) atoms. The molecule has 2 N–H and O–H groups in total. The fourth-order valence-electron chi connectivity index (χ4n) is 2.95. The summed E-state index contributed by atoms with van der Waals surface area (Å²) < 4.78 is 10.4. The van der Waals surface area contributed by atoms with Crippen LogP contribution >= 0.6 is 0 Å². The summed E-state index contributed by atoms with van der Waals surface area (Å²) in [5, 5.41) is 20.2. The summed E-state index contributed by atoms with van der Waals surface area (Å²) in [6.07, 6.45) is 1.27. The van der Waals surface area contributed by atoms with Gasteiger partial charge in [0.25, 0.3) is 0 Å². The molecule has 2 atom stereocenters. The second kappa shape index (κ2) is 7.00. The molecule has 1 fully saturated rings. The number of aliphatic hydroxyl groups excluding tert-OH is 1. The van der Waals surface area contributed by atoms with Crippen LogP contribution < -0.4 is 9.47 Å². The molecule has 0 spiro atoms. The van der Waals surface area contributed by atoms with Crippen LogP contribution in [0.5, 0.6) is 17.2 Å². The molecule has 5 nitrogen and oxygen atoms in total. The first-order valence-electron chi connectivity index (χ1n) is 7.43. The summed E-state index contributed by atoms with van der Waals surface area (Å²) >= 11 is 0. The lowest BCUT2D eigenvalue weighted by Crippen LogP contribution is -2.43. The fraction of sp³-hybridized carbons (Fsp3) is 0.625. The van der Waals surface area contributed by atoms with Crippen LogP contribution in [0.1, 0.15) is 18.9 Å². The molecular weight excluding hydrogens is 270 g/mol. The van der Waals surface area contributed by atoms with Crippen molar-refractivity contribution in [1.82, 2.24) is 4.90 Å². The quantitative estimate of drug-likeness (QED) is 0.865. The lowest BCUT2D eigenvalue weighted by atomic mass is 9.88. The number of methoxy groups -OCH3 is 2. The number of likely N-dealkylation sites (tertiary alicyclic amines) is 1. The smallest absolute Gasteiger partial charge is 0.200 e. The maximum Gasteiger partial charge on any atom is 0.200 e. The van der Waals surface area contributed by atoms with E-state index in [0.29, 0.717) is 11.5 Å². The van der Waals surface area contributed by atoms with E-state index in [-0.39, 0.29) is 17.8 Å². The van der Waals surface area contributed by atoms with Crippen LogP contribution in [0.2, 0.25) is 0 Å². The lowest BCUT2D eigenvalue weighted by Gasteiger charge is -2.35. The van der Waals surface area contributed by atoms with E-state index in [4.69, 9.17) is 9.47 Å². The Morgan fingerprint density at radius 2 is 1.86 bits per heavy atom. The van der Waals surface area contributed by atoms with Crippen LogP contribution in [0.4, 0.5) is 0 Å². The number of ether oxygens (including phenoxy) is 2. The van der Waals surface area contributed by atoms with Gasteiger partial charge in [-0.15, -0.1) is 0 Å². The first kappa shape index (κ1) is 15.9. The Morgan fingerprint density at radius 3 is 2.38 bits per heavy atom. The number of nitrogens with zero attached hydrogens (tertiary/aromatic N) is 1. The van der Waals surface area contributed by atoms with Crippen LogP contribution in [-0.4, -0.2) is 55.1 Å². The van der Waals surface area contributed by atoms with E-state index in [0.717, 1.165) is 38.0 Å². The molecule has 1 aromatic carbocycles. The molecule has 2 rings (SSSR count). The van der Waals surface area contributed by atoms with Gasteiger partial charge in [0.1, 0.15) is 0 Å². The van der Waals surface area contributed by atoms with Crippen molar-refractivity contribution in [3.05, 3.63) is 17.7 Å². The third-order valence-electron chi connectivity index (χ3n) is 4.26. The van der Waals surface area contributed by atoms with E-state index in [9.17, 15) is 10.2 Å². The number of benzene rings is 1. The van der Waals surface area contributed by atoms with Crippen LogP contribution in [0.3, 0.4) is 0 Å². The van der Waals surface area contributed by atoms with Crippen molar-refractivity contribution in [2.24, 2.45) is 5.92 Å². The van der Waals surface area contributed by atoms with E-state index < -0.39 is 0 Å². The van der Waals surface area contributed by atoms with Gasteiger partial charge in [-0.2, -0.15) is 0 Å². The predicted octanol–water partition coefficient (Wildman–Crippen LogP) is 1.65. The molecule has 1 aromatic rings. The highest BCUT2D eigenvalue weighted by atomic mass is 16.5. The molecule has 0 saturated carbocycles. The number of aliphatic hydroxyl groups is 1. The number of aromatic hydroxyl groups is 1. The van der Waals surface area contributed by atoms with Crippen molar-refractivity contribution >= 4 is 0 Å². The molecule has 118 valence electrons. The maximum absolute atomic E-state index is 10.2. The average Bonchev–Trinajstić information content (AvgIpc) is 2.50. The second-order valence-corrected chi connectivity index (χ2v) is 5.56. The van der Waals surface area contributed by atoms with Crippen LogP contribution in [0, 0.1) is 5.92 Å². The highest BCUT2D eigenvalue weighted by Crippen LogP contribution is 2.38. The van der Waals surface area contributed by atoms with Crippen LogP contribution in [0.15, 0.2) is 12.1 Å². The predicted molar refractivity (Wildman–Crippen MR) is 81.1 cm³/mol. The summed E-state index contributed by atoms with van der Waals surface area (Å²) in [5.41, 5.74) is 1.00. The standard InChI is InChI=1S/C16H25NO4/c1-4-17-6-5-13(18)12(10-17)7-11-8-14(20-2)16(19)15(9-11)21-3/h8-9,12-13,18-19H,4-7,10H2,1-3H3. The zero-order chi connectivity index (χ0) is 15.4. The zero-order valence-corrected chi connectivity index (χ0v) is 13.0. The van der Waals surface area contributed by atoms with E-state index >= 15 is 0 Å². The minimum atomic E-state index is -0.279. The average molecular weight is 295 g/mol. The summed E-state index contributed by atoms with van der Waals surface area (Å²) in [6.45, 7) is 4.99. The van der Waals surface area contributed by atoms with Crippen molar-refractivity contribution in [1.29, 1.82) is 0 Å². The Kier molecular flexibility index (Phi) is 5.31. The Labute approximate surface area is 126 Å². The maximum atomic E-state index is 10.2. The van der Waals surface area contributed by atoms with Gasteiger partial charge in [-0.3, -0.25) is 0 Å². The van der Waals surface area contributed by atoms with Crippen molar-refractivity contribution < 1.29 is 19.7 Å². The molecule has 2 unspecified atom stereocenters. The molecule has 0 aromatic heterocycles. The Bertz CT molecular complexity index is 452. The zero-order valence-electron chi connectivity index (χ0n) is 13.0. The number of hydrogen-bond donors (Lipinski definition) is 2. The number of phenols is 1. The summed E-state index contributed by atoms with van der Waals surface area (Å²) in [6, 6.07) is 3.63. The van der Waals surface area contributed by atoms with Crippen molar-refractivity contribution in [3.8, 4) is 17.2 Å². The largest absolute Gasteiger partial charge is 0.502 e. The highest BCUT2D eigenvalue weighted by Gasteiger charge is 2.27. The molecule has 0 aliphatic carbocycles. The molecule has 0 radical (unpaired) electrons. The topological polar surface area (TPSA) is 62.2 Å². The monoisotopic (exact) mass is 295 g/mol. The third-order valence-corrected chi connectivity index (χ3v) is 4.26. The number of rotatable bonds is 5. The normalized spacial score (nSPS) is 23.0. The molecular formula is C16H25NO4. The van der Waals surface area contributed by atoms with Crippen molar-refractivity contribution in [3.63, 3.8) is 0 Å². The minimum absolute atomic E-state index is 0.0168. The van der Waals surface area contributed by atoms with Gasteiger partial charge >= 0.3 is 0 Å². The van der Waals surface area contributed by atoms with Gasteiger partial charge in [0.05, 0.1) is 20.3 Å². The SMILES string of the molecule is CCN1CCC(O)C(Cc2cc(OC)c(O)c(OC)c2)C1. The Balaban J connectivity index is 2.18. The van der Waals surface area contributed by atoms with Gasteiger partial charge in [-0.1, -0.05) is 6.92 Å². The number of phenolic OH excluding ortho intramolecular Hbond substituents is 1. The van der Waals surface area contributed by atoms with Crippen molar-refractivity contribution in [2.45, 2.75) is 25.9 Å². The second-order valence-electron chi connectivity index (χ2n) is 5.56. The highest BCUT2D eigenvalue weighted by molar-refractivity contribution is 5.52. The van der Waals surface area contributed by atoms with Gasteiger partial charge in [0.15, 0.2) is 11.5 Å². The lowest BCUT2D eigenvalue weighted by molar-refractivity contribution is 0.0290. The Hall–Kier alpha value is -1.46. The number of hydrogen-bond acceptors (Lipinski definition) is 5. The third kappa shape index (κ3) is 3.60. The molecule has 1 heterocycles. The van der Waals surface area contributed by atoms with Crippen LogP contribution in [-0.2, 0) is 6.42 Å². The van der Waals surface area contributed by atoms with Gasteiger partial charge < -0.3 is 24.6 Å². The van der Waals surface area contributed by atoms with E-state index in [2.05, 4.69) is 11.8 Å². The molecule has 5 heteroatoms. The first-order chi connectivity index (χ1) is 10.1. The van der Waals surface area contributed by atoms with E-state index in [1.807, 2.05) is 12.1 Å². The van der Waals surface area contributed by atoms with Gasteiger partial charge in [-0.05, 0) is 37.1 Å². The summed E-state index contributed by atoms with van der Waals surface area (Å²) in [4.78, 5) is 2.35. The molecule has 1 aliphatic heterocycles. The van der Waals surface area contributed by atoms with Gasteiger partial charge in [-0.25, -0.2) is 0 Å².